The van der Waals surface area contributed by atoms with E-state index < -0.39 is 18.3 Å². The molecular formula is C26H33NO5. The number of aliphatic hydroxyl groups is 2. The monoisotopic (exact) mass is 439 g/mol. The Morgan fingerprint density at radius 1 is 1.06 bits per heavy atom. The maximum atomic E-state index is 10.4. The number of nitrogens with zero attached hydrogens (tertiary/aromatic N) is 1. The first-order valence-electron chi connectivity index (χ1n) is 11.4. The van der Waals surface area contributed by atoms with Crippen LogP contribution in [0.4, 0.5) is 0 Å². The summed E-state index contributed by atoms with van der Waals surface area (Å²) in [7, 11) is 0. The van der Waals surface area contributed by atoms with Crippen LogP contribution in [-0.2, 0) is 22.3 Å². The van der Waals surface area contributed by atoms with E-state index in [1.807, 2.05) is 0 Å². The van der Waals surface area contributed by atoms with Crippen LogP contribution in [0.5, 0.6) is 5.75 Å². The summed E-state index contributed by atoms with van der Waals surface area (Å²) >= 11 is 0. The van der Waals surface area contributed by atoms with Crippen molar-refractivity contribution in [2.75, 3.05) is 19.8 Å². The molecule has 0 aromatic heterocycles. The molecule has 172 valence electrons. The molecular weight excluding hydrogens is 406 g/mol. The van der Waals surface area contributed by atoms with Gasteiger partial charge in [0.15, 0.2) is 0 Å². The molecule has 0 aliphatic carbocycles. The molecule has 6 heteroatoms. The van der Waals surface area contributed by atoms with Crippen LogP contribution in [0.3, 0.4) is 0 Å². The number of aromatic hydroxyl groups is 1. The first kappa shape index (κ1) is 24.2. The molecule has 0 saturated carbocycles. The molecule has 32 heavy (non-hydrogen) atoms. The van der Waals surface area contributed by atoms with Crippen molar-refractivity contribution in [2.24, 2.45) is 0 Å². The molecule has 2 aromatic rings. The highest BCUT2D eigenvalue weighted by molar-refractivity contribution is 5.50. The van der Waals surface area contributed by atoms with Gasteiger partial charge in [-0.2, -0.15) is 5.26 Å². The van der Waals surface area contributed by atoms with E-state index in [0.717, 1.165) is 30.8 Å². The number of hydrogen-bond donors (Lipinski definition) is 3. The number of nitriles is 1. The van der Waals surface area contributed by atoms with E-state index in [1.54, 1.807) is 6.07 Å². The van der Waals surface area contributed by atoms with Crippen LogP contribution < -0.4 is 0 Å². The van der Waals surface area contributed by atoms with Gasteiger partial charge in [-0.05, 0) is 54.5 Å². The first-order chi connectivity index (χ1) is 15.5. The Morgan fingerprint density at radius 3 is 2.31 bits per heavy atom. The SMILES string of the molecule is C1CCOC1.CCc1ccc(Cc2cc(C3CC(O)CC(CO)O3)c(O)cc2C#N)cc1. The first-order valence-corrected chi connectivity index (χ1v) is 11.4. The molecule has 2 aliphatic heterocycles. The minimum Gasteiger partial charge on any atom is -0.508 e. The zero-order valence-corrected chi connectivity index (χ0v) is 18.7. The highest BCUT2D eigenvalue weighted by Gasteiger charge is 2.31. The maximum absolute atomic E-state index is 10.4. The molecule has 2 fully saturated rings. The second-order valence-electron chi connectivity index (χ2n) is 8.40. The second kappa shape index (κ2) is 12.0. The lowest BCUT2D eigenvalue weighted by molar-refractivity contribution is -0.114. The van der Waals surface area contributed by atoms with Crippen molar-refractivity contribution < 1.29 is 24.8 Å². The molecule has 0 spiro atoms. The molecule has 0 amide bonds. The smallest absolute Gasteiger partial charge is 0.122 e. The number of phenols is 1. The fourth-order valence-corrected chi connectivity index (χ4v) is 4.09. The number of ether oxygens (including phenoxy) is 2. The van der Waals surface area contributed by atoms with Gasteiger partial charge in [0.05, 0.1) is 36.6 Å². The average Bonchev–Trinajstić information content (AvgIpc) is 3.40. The summed E-state index contributed by atoms with van der Waals surface area (Å²) in [6.07, 6.45) is 3.25. The summed E-state index contributed by atoms with van der Waals surface area (Å²) in [5.41, 5.74) is 4.11. The third-order valence-electron chi connectivity index (χ3n) is 5.95. The Balaban J connectivity index is 0.000000509. The third kappa shape index (κ3) is 6.54. The predicted molar refractivity (Wildman–Crippen MR) is 121 cm³/mol. The Hall–Kier alpha value is -2.43. The fraction of sp³-hybridized carbons (Fsp3) is 0.500. The summed E-state index contributed by atoms with van der Waals surface area (Å²) in [6, 6.07) is 13.7. The van der Waals surface area contributed by atoms with E-state index in [-0.39, 0.29) is 12.4 Å². The van der Waals surface area contributed by atoms with Crippen LogP contribution in [0.2, 0.25) is 0 Å². The lowest BCUT2D eigenvalue weighted by atomic mass is 9.91. The Bertz CT molecular complexity index is 894. The lowest BCUT2D eigenvalue weighted by Crippen LogP contribution is -2.33. The van der Waals surface area contributed by atoms with Crippen molar-refractivity contribution in [1.82, 2.24) is 0 Å². The van der Waals surface area contributed by atoms with Crippen molar-refractivity contribution in [2.45, 2.75) is 63.8 Å². The van der Waals surface area contributed by atoms with E-state index in [2.05, 4.69) is 37.3 Å². The van der Waals surface area contributed by atoms with Crippen molar-refractivity contribution in [3.63, 3.8) is 0 Å². The van der Waals surface area contributed by atoms with Crippen LogP contribution in [0.1, 0.15) is 66.5 Å². The van der Waals surface area contributed by atoms with Gasteiger partial charge < -0.3 is 24.8 Å². The van der Waals surface area contributed by atoms with Gasteiger partial charge >= 0.3 is 0 Å². The van der Waals surface area contributed by atoms with Gasteiger partial charge in [0, 0.05) is 31.6 Å². The molecule has 0 bridgehead atoms. The summed E-state index contributed by atoms with van der Waals surface area (Å²) in [4.78, 5) is 0. The highest BCUT2D eigenvalue weighted by atomic mass is 16.5. The van der Waals surface area contributed by atoms with Gasteiger partial charge in [-0.25, -0.2) is 0 Å². The molecule has 2 aliphatic rings. The van der Waals surface area contributed by atoms with Gasteiger partial charge in [0.1, 0.15) is 5.75 Å². The molecule has 0 radical (unpaired) electrons. The number of aliphatic hydroxyl groups excluding tert-OH is 2. The number of rotatable bonds is 5. The number of benzene rings is 2. The maximum Gasteiger partial charge on any atom is 0.122 e. The molecule has 3 atom stereocenters. The molecule has 2 heterocycles. The fourth-order valence-electron chi connectivity index (χ4n) is 4.09. The predicted octanol–water partition coefficient (Wildman–Crippen LogP) is 3.79. The topological polar surface area (TPSA) is 103 Å². The zero-order chi connectivity index (χ0) is 22.9. The summed E-state index contributed by atoms with van der Waals surface area (Å²) < 4.78 is 10.8. The number of hydrogen-bond acceptors (Lipinski definition) is 6. The van der Waals surface area contributed by atoms with Gasteiger partial charge in [-0.3, -0.25) is 0 Å². The van der Waals surface area contributed by atoms with Crippen LogP contribution in [0, 0.1) is 11.3 Å². The van der Waals surface area contributed by atoms with Crippen molar-refractivity contribution in [1.29, 1.82) is 5.26 Å². The van der Waals surface area contributed by atoms with Gasteiger partial charge in [-0.15, -0.1) is 0 Å². The molecule has 4 rings (SSSR count). The Labute approximate surface area is 190 Å². The van der Waals surface area contributed by atoms with Crippen LogP contribution in [-0.4, -0.2) is 47.3 Å². The summed E-state index contributed by atoms with van der Waals surface area (Å²) in [5, 5.41) is 39.3. The van der Waals surface area contributed by atoms with E-state index in [1.165, 1.54) is 24.5 Å². The van der Waals surface area contributed by atoms with E-state index >= 15 is 0 Å². The molecule has 3 N–H and O–H groups in total. The van der Waals surface area contributed by atoms with Crippen molar-refractivity contribution in [3.05, 3.63) is 64.2 Å². The van der Waals surface area contributed by atoms with E-state index in [4.69, 9.17) is 9.47 Å². The van der Waals surface area contributed by atoms with Crippen LogP contribution in [0.25, 0.3) is 0 Å². The van der Waals surface area contributed by atoms with Crippen molar-refractivity contribution >= 4 is 0 Å². The molecule has 3 unspecified atom stereocenters. The largest absolute Gasteiger partial charge is 0.508 e. The molecule has 6 nitrogen and oxygen atoms in total. The lowest BCUT2D eigenvalue weighted by Gasteiger charge is -2.33. The standard InChI is InChI=1S/C22H25NO4.C4H8O/c1-2-14-3-5-15(6-4-14)7-16-8-20(21(26)9-17(16)12-23)22-11-18(25)10-19(13-24)27-22;1-2-4-5-3-1/h3-6,8-9,18-19,22,24-26H,2,7,10-11,13H2,1H3;1-4H2. The molecule has 2 saturated heterocycles. The minimum atomic E-state index is -0.596. The van der Waals surface area contributed by atoms with Gasteiger partial charge in [0.25, 0.3) is 0 Å². The zero-order valence-electron chi connectivity index (χ0n) is 18.7. The quantitative estimate of drug-likeness (QED) is 0.655. The van der Waals surface area contributed by atoms with Gasteiger partial charge in [-0.1, -0.05) is 31.2 Å². The van der Waals surface area contributed by atoms with E-state index in [9.17, 15) is 20.6 Å². The second-order valence-corrected chi connectivity index (χ2v) is 8.40. The van der Waals surface area contributed by atoms with E-state index in [0.29, 0.717) is 30.4 Å². The Morgan fingerprint density at radius 2 is 1.75 bits per heavy atom. The van der Waals surface area contributed by atoms with Crippen molar-refractivity contribution in [3.8, 4) is 11.8 Å². The summed E-state index contributed by atoms with van der Waals surface area (Å²) in [6.45, 7) is 3.93. The van der Waals surface area contributed by atoms with Crippen LogP contribution in [0.15, 0.2) is 36.4 Å². The third-order valence-corrected chi connectivity index (χ3v) is 5.95. The van der Waals surface area contributed by atoms with Crippen LogP contribution >= 0.6 is 0 Å². The number of phenolic OH excluding ortho intramolecular Hbond substituents is 1. The van der Waals surface area contributed by atoms with Gasteiger partial charge in [0.2, 0.25) is 0 Å². The molecule has 2 aromatic carbocycles. The number of aryl methyl sites for hydroxylation is 1. The minimum absolute atomic E-state index is 0.0209. The highest BCUT2D eigenvalue weighted by Crippen LogP contribution is 2.37. The summed E-state index contributed by atoms with van der Waals surface area (Å²) in [5.74, 6) is -0.0209. The normalized spacial score (nSPS) is 22.6. The Kier molecular flexibility index (Phi) is 9.07. The average molecular weight is 440 g/mol.